The van der Waals surface area contributed by atoms with Crippen molar-refractivity contribution in [1.29, 1.82) is 0 Å². The zero-order chi connectivity index (χ0) is 22.1. The van der Waals surface area contributed by atoms with Gasteiger partial charge in [0.25, 0.3) is 0 Å². The molecule has 1 aliphatic heterocycles. The minimum absolute atomic E-state index is 0.0530. The Hall–Kier alpha value is -3.33. The van der Waals surface area contributed by atoms with Crippen LogP contribution in [0.3, 0.4) is 0 Å². The van der Waals surface area contributed by atoms with Crippen molar-refractivity contribution in [2.24, 2.45) is 4.99 Å². The molecular weight excluding hydrogens is 472 g/mol. The average molecular weight is 493 g/mol. The molecule has 0 atom stereocenters. The Bertz CT molecular complexity index is 1310. The first-order valence-electron chi connectivity index (χ1n) is 10.5. The number of carbonyl (C=O) groups excluding carboxylic acids is 1. The van der Waals surface area contributed by atoms with Crippen LogP contribution in [-0.2, 0) is 11.3 Å². The molecule has 9 heteroatoms. The number of halogens is 1. The van der Waals surface area contributed by atoms with E-state index in [9.17, 15) is 4.79 Å². The van der Waals surface area contributed by atoms with Crippen molar-refractivity contribution in [1.82, 2.24) is 25.5 Å². The molecule has 0 saturated heterocycles. The minimum atomic E-state index is 0.0530. The Balaban J connectivity index is 1.49. The highest BCUT2D eigenvalue weighted by molar-refractivity contribution is 9.10. The lowest BCUT2D eigenvalue weighted by Gasteiger charge is -2.18. The van der Waals surface area contributed by atoms with Crippen LogP contribution in [0, 0.1) is 0 Å². The number of amidine groups is 1. The highest BCUT2D eigenvalue weighted by atomic mass is 79.9. The van der Waals surface area contributed by atoms with E-state index in [4.69, 9.17) is 4.42 Å². The Morgan fingerprint density at radius 1 is 1.19 bits per heavy atom. The van der Waals surface area contributed by atoms with Gasteiger partial charge in [0.2, 0.25) is 11.7 Å². The highest BCUT2D eigenvalue weighted by Gasteiger charge is 2.25. The van der Waals surface area contributed by atoms with Crippen molar-refractivity contribution in [2.45, 2.75) is 32.7 Å². The number of nitrogens with zero attached hydrogens (tertiary/aromatic N) is 5. The van der Waals surface area contributed by atoms with E-state index >= 15 is 0 Å². The molecule has 0 spiro atoms. The monoisotopic (exact) mass is 492 g/mol. The van der Waals surface area contributed by atoms with Crippen molar-refractivity contribution in [2.75, 3.05) is 6.54 Å². The Kier molecular flexibility index (Phi) is 5.57. The molecule has 0 fully saturated rings. The standard InChI is InChI=1S/C23H21BrN6O2/c1-2-3-8-19-25-12-20(31)30(19)13-14-9-10-18-17(11-14)21(24)22(32-18)15-6-4-5-7-16(15)23-26-28-29-27-23/h4-7,9-11H,2-3,8,12-13H2,1H3,(H,26,27,28,29). The fraction of sp³-hybridized carbons (Fsp3) is 0.261. The first kappa shape index (κ1) is 20.6. The van der Waals surface area contributed by atoms with Crippen molar-refractivity contribution >= 4 is 38.6 Å². The number of aromatic amines is 1. The molecular formula is C23H21BrN6O2. The number of amides is 1. The molecule has 2 aromatic heterocycles. The van der Waals surface area contributed by atoms with Crippen LogP contribution in [0.25, 0.3) is 33.7 Å². The van der Waals surface area contributed by atoms with Gasteiger partial charge in [0.1, 0.15) is 23.7 Å². The molecule has 4 aromatic rings. The second kappa shape index (κ2) is 8.66. The lowest BCUT2D eigenvalue weighted by Crippen LogP contribution is -2.31. The zero-order valence-corrected chi connectivity index (χ0v) is 19.1. The van der Waals surface area contributed by atoms with E-state index < -0.39 is 0 Å². The third-order valence-electron chi connectivity index (χ3n) is 5.55. The van der Waals surface area contributed by atoms with E-state index in [1.807, 2.05) is 36.4 Å². The molecule has 32 heavy (non-hydrogen) atoms. The summed E-state index contributed by atoms with van der Waals surface area (Å²) < 4.78 is 7.05. The Labute approximate surface area is 192 Å². The maximum atomic E-state index is 12.4. The van der Waals surface area contributed by atoms with Crippen LogP contribution in [0.4, 0.5) is 0 Å². The number of aliphatic imine (C=N–C) groups is 1. The van der Waals surface area contributed by atoms with Crippen molar-refractivity contribution < 1.29 is 9.21 Å². The topological polar surface area (TPSA) is 100 Å². The summed E-state index contributed by atoms with van der Waals surface area (Å²) in [5, 5.41) is 15.3. The smallest absolute Gasteiger partial charge is 0.249 e. The van der Waals surface area contributed by atoms with Crippen molar-refractivity contribution in [3.8, 4) is 22.7 Å². The third-order valence-corrected chi connectivity index (χ3v) is 6.34. The molecule has 8 nitrogen and oxygen atoms in total. The number of hydrogen-bond donors (Lipinski definition) is 1. The summed E-state index contributed by atoms with van der Waals surface area (Å²) in [5.41, 5.74) is 3.46. The molecule has 0 unspecified atom stereocenters. The van der Waals surface area contributed by atoms with Crippen LogP contribution in [0.1, 0.15) is 31.7 Å². The summed E-state index contributed by atoms with van der Waals surface area (Å²) in [4.78, 5) is 18.6. The van der Waals surface area contributed by atoms with Gasteiger partial charge in [0, 0.05) is 22.9 Å². The first-order chi connectivity index (χ1) is 15.7. The van der Waals surface area contributed by atoms with E-state index in [1.165, 1.54) is 0 Å². The summed E-state index contributed by atoms with van der Waals surface area (Å²) in [5.74, 6) is 2.13. The number of H-pyrrole nitrogens is 1. The van der Waals surface area contributed by atoms with Crippen LogP contribution >= 0.6 is 15.9 Å². The first-order valence-corrected chi connectivity index (χ1v) is 11.3. The van der Waals surface area contributed by atoms with Gasteiger partial charge in [-0.1, -0.05) is 43.7 Å². The lowest BCUT2D eigenvalue weighted by atomic mass is 10.0. The van der Waals surface area contributed by atoms with Gasteiger partial charge < -0.3 is 4.42 Å². The molecule has 1 amide bonds. The fourth-order valence-electron chi connectivity index (χ4n) is 3.92. The molecule has 0 radical (unpaired) electrons. The SMILES string of the molecule is CCCCC1=NCC(=O)N1Cc1ccc2oc(-c3ccccc3-c3nn[nH]n3)c(Br)c2c1. The van der Waals surface area contributed by atoms with E-state index in [1.54, 1.807) is 4.90 Å². The highest BCUT2D eigenvalue weighted by Crippen LogP contribution is 2.41. The number of fused-ring (bicyclic) bond motifs is 1. The Morgan fingerprint density at radius 3 is 2.81 bits per heavy atom. The van der Waals surface area contributed by atoms with Gasteiger partial charge in [0.15, 0.2) is 0 Å². The number of hydrogen-bond acceptors (Lipinski definition) is 6. The van der Waals surface area contributed by atoms with E-state index in [2.05, 4.69) is 54.5 Å². The predicted molar refractivity (Wildman–Crippen MR) is 125 cm³/mol. The molecule has 162 valence electrons. The molecule has 1 aliphatic rings. The van der Waals surface area contributed by atoms with Crippen molar-refractivity contribution in [3.63, 3.8) is 0 Å². The number of rotatable bonds is 7. The number of nitrogens with one attached hydrogen (secondary N) is 1. The molecule has 1 N–H and O–H groups in total. The van der Waals surface area contributed by atoms with Crippen LogP contribution < -0.4 is 0 Å². The number of benzene rings is 2. The molecule has 0 saturated carbocycles. The summed E-state index contributed by atoms with van der Waals surface area (Å²) in [7, 11) is 0. The number of furan rings is 1. The van der Waals surface area contributed by atoms with E-state index in [0.29, 0.717) is 18.1 Å². The van der Waals surface area contributed by atoms with Gasteiger partial charge in [-0.15, -0.1) is 10.2 Å². The second-order valence-electron chi connectivity index (χ2n) is 7.67. The number of tetrazole rings is 1. The normalized spacial score (nSPS) is 13.9. The third kappa shape index (κ3) is 3.73. The number of unbranched alkanes of at least 4 members (excludes halogenated alkanes) is 1. The van der Waals surface area contributed by atoms with Gasteiger partial charge in [-0.05, 0) is 45.3 Å². The van der Waals surface area contributed by atoms with E-state index in [-0.39, 0.29) is 12.5 Å². The second-order valence-corrected chi connectivity index (χ2v) is 8.47. The molecule has 2 aromatic carbocycles. The summed E-state index contributed by atoms with van der Waals surface area (Å²) in [6.07, 6.45) is 2.93. The summed E-state index contributed by atoms with van der Waals surface area (Å²) in [6.45, 7) is 2.89. The number of aromatic nitrogens is 4. The summed E-state index contributed by atoms with van der Waals surface area (Å²) in [6, 6.07) is 13.8. The molecule has 3 heterocycles. The Morgan fingerprint density at radius 2 is 2.03 bits per heavy atom. The van der Waals surface area contributed by atoms with Crippen LogP contribution in [0.2, 0.25) is 0 Å². The average Bonchev–Trinajstić information content (AvgIpc) is 3.54. The van der Waals surface area contributed by atoms with Crippen LogP contribution in [-0.4, -0.2) is 43.8 Å². The predicted octanol–water partition coefficient (Wildman–Crippen LogP) is 4.97. The molecule has 5 rings (SSSR count). The zero-order valence-electron chi connectivity index (χ0n) is 17.5. The fourth-order valence-corrected chi connectivity index (χ4v) is 4.53. The van der Waals surface area contributed by atoms with Crippen LogP contribution in [0.5, 0.6) is 0 Å². The van der Waals surface area contributed by atoms with Gasteiger partial charge in [-0.2, -0.15) is 5.21 Å². The minimum Gasteiger partial charge on any atom is -0.455 e. The molecule has 0 aliphatic carbocycles. The quantitative estimate of drug-likeness (QED) is 0.392. The van der Waals surface area contributed by atoms with Gasteiger partial charge in [-0.3, -0.25) is 14.7 Å². The van der Waals surface area contributed by atoms with Crippen LogP contribution in [0.15, 0.2) is 56.3 Å². The van der Waals surface area contributed by atoms with Crippen molar-refractivity contribution in [3.05, 3.63) is 52.5 Å². The maximum absolute atomic E-state index is 12.4. The van der Waals surface area contributed by atoms with Gasteiger partial charge >= 0.3 is 0 Å². The number of carbonyl (C=O) groups is 1. The summed E-state index contributed by atoms with van der Waals surface area (Å²) >= 11 is 3.73. The van der Waals surface area contributed by atoms with Gasteiger partial charge in [-0.25, -0.2) is 0 Å². The lowest BCUT2D eigenvalue weighted by molar-refractivity contribution is -0.125. The molecule has 0 bridgehead atoms. The van der Waals surface area contributed by atoms with E-state index in [0.717, 1.165) is 57.2 Å². The maximum Gasteiger partial charge on any atom is 0.249 e. The largest absolute Gasteiger partial charge is 0.455 e. The van der Waals surface area contributed by atoms with Gasteiger partial charge in [0.05, 0.1) is 11.0 Å².